The monoisotopic (exact) mass is 355 g/mol. The molecule has 130 valence electrons. The number of carbonyl (C=O) groups is 1. The lowest BCUT2D eigenvalue weighted by atomic mass is 9.97. The molecule has 0 saturated heterocycles. The molecule has 0 spiro atoms. The van der Waals surface area contributed by atoms with Crippen LogP contribution in [0.1, 0.15) is 42.5 Å². The average Bonchev–Trinajstić information content (AvgIpc) is 2.64. The summed E-state index contributed by atoms with van der Waals surface area (Å²) in [6.07, 6.45) is 10.3. The summed E-state index contributed by atoms with van der Waals surface area (Å²) < 4.78 is 0. The first-order chi connectivity index (χ1) is 12.2. The quantitative estimate of drug-likeness (QED) is 0.692. The standard InChI is InChI=1S/C20H22ClN3O/c21-17-8-6-16(7-9-17)20(25)24-19-11-10-18(14-23-19)22-13-12-15-4-2-1-3-5-15/h4,6-11,14,22H,1-3,5,12-13H2,(H,23,24,25). The van der Waals surface area contributed by atoms with Gasteiger partial charge >= 0.3 is 0 Å². The Morgan fingerprint density at radius 2 is 1.96 bits per heavy atom. The molecule has 1 aliphatic carbocycles. The van der Waals surface area contributed by atoms with Gasteiger partial charge in [-0.05, 0) is 68.5 Å². The van der Waals surface area contributed by atoms with Gasteiger partial charge in [-0.3, -0.25) is 4.79 Å². The second-order valence-corrected chi connectivity index (χ2v) is 6.61. The molecule has 0 fully saturated rings. The first-order valence-corrected chi connectivity index (χ1v) is 9.03. The van der Waals surface area contributed by atoms with Gasteiger partial charge in [-0.25, -0.2) is 4.98 Å². The molecule has 0 radical (unpaired) electrons. The molecule has 0 bridgehead atoms. The predicted molar refractivity (Wildman–Crippen MR) is 103 cm³/mol. The highest BCUT2D eigenvalue weighted by molar-refractivity contribution is 6.30. The van der Waals surface area contributed by atoms with Crippen molar-refractivity contribution in [3.63, 3.8) is 0 Å². The van der Waals surface area contributed by atoms with E-state index in [-0.39, 0.29) is 5.91 Å². The van der Waals surface area contributed by atoms with Crippen LogP contribution in [-0.2, 0) is 0 Å². The van der Waals surface area contributed by atoms with E-state index in [2.05, 4.69) is 21.7 Å². The number of hydrogen-bond donors (Lipinski definition) is 2. The molecular formula is C20H22ClN3O. The van der Waals surface area contributed by atoms with Crippen molar-refractivity contribution in [3.8, 4) is 0 Å². The first-order valence-electron chi connectivity index (χ1n) is 8.65. The maximum atomic E-state index is 12.1. The molecule has 0 atom stereocenters. The third-order valence-corrected chi connectivity index (χ3v) is 4.52. The molecular weight excluding hydrogens is 334 g/mol. The summed E-state index contributed by atoms with van der Waals surface area (Å²) in [5, 5.41) is 6.77. The van der Waals surface area contributed by atoms with Gasteiger partial charge in [0.1, 0.15) is 5.82 Å². The fourth-order valence-electron chi connectivity index (χ4n) is 2.86. The SMILES string of the molecule is O=C(Nc1ccc(NCCC2=CCCCC2)cn1)c1ccc(Cl)cc1. The number of nitrogens with one attached hydrogen (secondary N) is 2. The highest BCUT2D eigenvalue weighted by atomic mass is 35.5. The van der Waals surface area contributed by atoms with Crippen molar-refractivity contribution in [2.45, 2.75) is 32.1 Å². The van der Waals surface area contributed by atoms with Gasteiger partial charge in [-0.2, -0.15) is 0 Å². The van der Waals surface area contributed by atoms with Crippen LogP contribution in [0.15, 0.2) is 54.2 Å². The fraction of sp³-hybridized carbons (Fsp3) is 0.300. The molecule has 1 heterocycles. The summed E-state index contributed by atoms with van der Waals surface area (Å²) in [5.41, 5.74) is 3.06. The minimum atomic E-state index is -0.200. The van der Waals surface area contributed by atoms with Gasteiger partial charge in [0.05, 0.1) is 11.9 Å². The van der Waals surface area contributed by atoms with Crippen LogP contribution in [0.3, 0.4) is 0 Å². The predicted octanol–water partition coefficient (Wildman–Crippen LogP) is 5.29. The first kappa shape index (κ1) is 17.5. The van der Waals surface area contributed by atoms with E-state index >= 15 is 0 Å². The van der Waals surface area contributed by atoms with E-state index in [9.17, 15) is 4.79 Å². The Morgan fingerprint density at radius 1 is 1.12 bits per heavy atom. The van der Waals surface area contributed by atoms with Crippen LogP contribution in [0.4, 0.5) is 11.5 Å². The van der Waals surface area contributed by atoms with E-state index in [1.165, 1.54) is 25.7 Å². The Hall–Kier alpha value is -2.33. The summed E-state index contributed by atoms with van der Waals surface area (Å²) in [6.45, 7) is 0.907. The molecule has 0 aliphatic heterocycles. The second-order valence-electron chi connectivity index (χ2n) is 6.18. The largest absolute Gasteiger partial charge is 0.383 e. The molecule has 1 amide bonds. The van der Waals surface area contributed by atoms with Crippen molar-refractivity contribution in [2.75, 3.05) is 17.2 Å². The maximum absolute atomic E-state index is 12.1. The molecule has 0 unspecified atom stereocenters. The van der Waals surface area contributed by atoms with Crippen molar-refractivity contribution < 1.29 is 4.79 Å². The molecule has 3 rings (SSSR count). The number of rotatable bonds is 6. The number of pyridine rings is 1. The van der Waals surface area contributed by atoms with E-state index in [4.69, 9.17) is 11.6 Å². The molecule has 5 heteroatoms. The average molecular weight is 356 g/mol. The second kappa shape index (κ2) is 8.67. The summed E-state index contributed by atoms with van der Waals surface area (Å²) in [7, 11) is 0. The number of anilines is 2. The van der Waals surface area contributed by atoms with E-state index in [0.717, 1.165) is 18.7 Å². The number of allylic oxidation sites excluding steroid dienone is 1. The van der Waals surface area contributed by atoms with E-state index in [0.29, 0.717) is 16.4 Å². The van der Waals surface area contributed by atoms with Gasteiger partial charge in [0.15, 0.2) is 0 Å². The minimum Gasteiger partial charge on any atom is -0.383 e. The number of hydrogen-bond acceptors (Lipinski definition) is 3. The van der Waals surface area contributed by atoms with Gasteiger partial charge in [0, 0.05) is 17.1 Å². The Labute approximate surface area is 153 Å². The highest BCUT2D eigenvalue weighted by Crippen LogP contribution is 2.20. The lowest BCUT2D eigenvalue weighted by Crippen LogP contribution is -2.13. The summed E-state index contributed by atoms with van der Waals surface area (Å²) in [5.74, 6) is 0.328. The summed E-state index contributed by atoms with van der Waals surface area (Å²) in [6, 6.07) is 10.5. The summed E-state index contributed by atoms with van der Waals surface area (Å²) in [4.78, 5) is 16.4. The van der Waals surface area contributed by atoms with Crippen LogP contribution in [0.25, 0.3) is 0 Å². The zero-order valence-electron chi connectivity index (χ0n) is 14.1. The van der Waals surface area contributed by atoms with E-state index in [1.54, 1.807) is 42.1 Å². The maximum Gasteiger partial charge on any atom is 0.256 e. The zero-order chi connectivity index (χ0) is 17.5. The number of halogens is 1. The molecule has 25 heavy (non-hydrogen) atoms. The van der Waals surface area contributed by atoms with Crippen LogP contribution in [0.5, 0.6) is 0 Å². The van der Waals surface area contributed by atoms with E-state index in [1.807, 2.05) is 6.07 Å². The highest BCUT2D eigenvalue weighted by Gasteiger charge is 2.07. The van der Waals surface area contributed by atoms with Gasteiger partial charge in [-0.15, -0.1) is 0 Å². The minimum absolute atomic E-state index is 0.200. The number of amides is 1. The lowest BCUT2D eigenvalue weighted by molar-refractivity contribution is 0.102. The van der Waals surface area contributed by atoms with Crippen LogP contribution in [0, 0.1) is 0 Å². The number of aromatic nitrogens is 1. The molecule has 2 aromatic rings. The summed E-state index contributed by atoms with van der Waals surface area (Å²) >= 11 is 5.83. The third kappa shape index (κ3) is 5.33. The molecule has 4 nitrogen and oxygen atoms in total. The van der Waals surface area contributed by atoms with Crippen molar-refractivity contribution >= 4 is 29.0 Å². The van der Waals surface area contributed by atoms with Crippen molar-refractivity contribution in [1.29, 1.82) is 0 Å². The topological polar surface area (TPSA) is 54.0 Å². The van der Waals surface area contributed by atoms with Gasteiger partial charge in [-0.1, -0.05) is 23.3 Å². The van der Waals surface area contributed by atoms with Gasteiger partial charge in [0.25, 0.3) is 5.91 Å². The van der Waals surface area contributed by atoms with Gasteiger partial charge in [0.2, 0.25) is 0 Å². The van der Waals surface area contributed by atoms with Crippen molar-refractivity contribution in [1.82, 2.24) is 4.98 Å². The fourth-order valence-corrected chi connectivity index (χ4v) is 2.99. The van der Waals surface area contributed by atoms with Crippen molar-refractivity contribution in [2.24, 2.45) is 0 Å². The van der Waals surface area contributed by atoms with Crippen LogP contribution >= 0.6 is 11.6 Å². The Kier molecular flexibility index (Phi) is 6.07. The Balaban J connectivity index is 1.49. The van der Waals surface area contributed by atoms with Gasteiger partial charge < -0.3 is 10.6 Å². The van der Waals surface area contributed by atoms with E-state index < -0.39 is 0 Å². The number of nitrogens with zero attached hydrogens (tertiary/aromatic N) is 1. The molecule has 1 aromatic heterocycles. The lowest BCUT2D eigenvalue weighted by Gasteiger charge is -2.13. The molecule has 0 saturated carbocycles. The van der Waals surface area contributed by atoms with Crippen molar-refractivity contribution in [3.05, 3.63) is 64.8 Å². The van der Waals surface area contributed by atoms with Crippen LogP contribution in [-0.4, -0.2) is 17.4 Å². The Morgan fingerprint density at radius 3 is 2.64 bits per heavy atom. The zero-order valence-corrected chi connectivity index (χ0v) is 14.9. The molecule has 1 aromatic carbocycles. The normalized spacial score (nSPS) is 13.9. The van der Waals surface area contributed by atoms with Crippen LogP contribution in [0.2, 0.25) is 5.02 Å². The third-order valence-electron chi connectivity index (χ3n) is 4.27. The van der Waals surface area contributed by atoms with Crippen LogP contribution < -0.4 is 10.6 Å². The number of benzene rings is 1. The number of carbonyl (C=O) groups excluding carboxylic acids is 1. The smallest absolute Gasteiger partial charge is 0.256 e. The molecule has 1 aliphatic rings. The Bertz CT molecular complexity index is 739. The molecule has 2 N–H and O–H groups in total.